The van der Waals surface area contributed by atoms with E-state index in [4.69, 9.17) is 0 Å². The predicted octanol–water partition coefficient (Wildman–Crippen LogP) is 1.33. The number of rotatable bonds is 1. The molecule has 0 aromatic heterocycles. The predicted molar refractivity (Wildman–Crippen MR) is 42.7 cm³/mol. The molecule has 0 spiro atoms. The lowest BCUT2D eigenvalue weighted by Crippen LogP contribution is -2.15. The Morgan fingerprint density at radius 3 is 2.20 bits per heavy atom. The molecule has 0 aliphatic heterocycles. The van der Waals surface area contributed by atoms with Crippen LogP contribution in [0.1, 0.15) is 20.8 Å². The van der Waals surface area contributed by atoms with Crippen molar-refractivity contribution in [2.24, 2.45) is 5.41 Å². The fraction of sp³-hybridized carbons (Fsp3) is 0.625. The summed E-state index contributed by atoms with van der Waals surface area (Å²) in [5, 5.41) is 2.51. The first kappa shape index (κ1) is 9.21. The summed E-state index contributed by atoms with van der Waals surface area (Å²) in [5.74, 6) is -0.0464. The fourth-order valence-corrected chi connectivity index (χ4v) is 0.409. The molecule has 58 valence electrons. The van der Waals surface area contributed by atoms with Gasteiger partial charge in [-0.05, 0) is 11.5 Å². The van der Waals surface area contributed by atoms with E-state index in [2.05, 4.69) is 5.32 Å². The molecule has 0 saturated heterocycles. The lowest BCUT2D eigenvalue weighted by Gasteiger charge is -2.10. The summed E-state index contributed by atoms with van der Waals surface area (Å²) in [6.45, 7) is 6.14. The van der Waals surface area contributed by atoms with Gasteiger partial charge in [-0.3, -0.25) is 4.79 Å². The van der Waals surface area contributed by atoms with Gasteiger partial charge in [0.1, 0.15) is 0 Å². The maximum absolute atomic E-state index is 10.7. The van der Waals surface area contributed by atoms with Gasteiger partial charge in [-0.1, -0.05) is 26.8 Å². The number of allylic oxidation sites excluding steroid dienone is 1. The molecule has 2 nitrogen and oxygen atoms in total. The van der Waals surface area contributed by atoms with Gasteiger partial charge in [0.25, 0.3) is 0 Å². The first-order chi connectivity index (χ1) is 4.45. The Balaban J connectivity index is 3.88. The van der Waals surface area contributed by atoms with Crippen LogP contribution in [0.4, 0.5) is 0 Å². The number of likely N-dealkylation sites (N-methyl/N-ethyl adjacent to an activating group) is 1. The second-order valence-electron chi connectivity index (χ2n) is 3.31. The maximum atomic E-state index is 10.7. The minimum Gasteiger partial charge on any atom is -0.356 e. The van der Waals surface area contributed by atoms with Crippen molar-refractivity contribution in [3.8, 4) is 0 Å². The highest BCUT2D eigenvalue weighted by Crippen LogP contribution is 2.13. The van der Waals surface area contributed by atoms with Crippen LogP contribution in [-0.4, -0.2) is 13.0 Å². The monoisotopic (exact) mass is 141 g/mol. The molecule has 0 aliphatic carbocycles. The van der Waals surface area contributed by atoms with Crippen LogP contribution in [0.3, 0.4) is 0 Å². The molecule has 0 heterocycles. The van der Waals surface area contributed by atoms with E-state index in [9.17, 15) is 4.79 Å². The molecular weight excluding hydrogens is 126 g/mol. The molecule has 1 amide bonds. The van der Waals surface area contributed by atoms with E-state index in [1.54, 1.807) is 13.1 Å². The first-order valence-electron chi connectivity index (χ1n) is 3.36. The number of carbonyl (C=O) groups excluding carboxylic acids is 1. The zero-order valence-corrected chi connectivity index (χ0v) is 7.06. The van der Waals surface area contributed by atoms with Gasteiger partial charge in [-0.2, -0.15) is 0 Å². The molecule has 0 unspecified atom stereocenters. The molecule has 0 aromatic rings. The van der Waals surface area contributed by atoms with E-state index in [0.29, 0.717) is 0 Å². The molecule has 0 radical (unpaired) electrons. The molecule has 1 N–H and O–H groups in total. The topological polar surface area (TPSA) is 29.1 Å². The SMILES string of the molecule is CNC(=O)/C=C\C(C)(C)C. The quantitative estimate of drug-likeness (QED) is 0.548. The number of hydrogen-bond donors (Lipinski definition) is 1. The minimum atomic E-state index is -0.0464. The Kier molecular flexibility index (Phi) is 3.13. The lowest BCUT2D eigenvalue weighted by molar-refractivity contribution is -0.116. The second kappa shape index (κ2) is 3.40. The second-order valence-corrected chi connectivity index (χ2v) is 3.31. The first-order valence-corrected chi connectivity index (χ1v) is 3.36. The summed E-state index contributed by atoms with van der Waals surface area (Å²) in [4.78, 5) is 10.7. The molecule has 10 heavy (non-hydrogen) atoms. The van der Waals surface area contributed by atoms with E-state index in [1.807, 2.05) is 26.8 Å². The van der Waals surface area contributed by atoms with Gasteiger partial charge in [-0.25, -0.2) is 0 Å². The number of carbonyl (C=O) groups is 1. The van der Waals surface area contributed by atoms with Gasteiger partial charge in [0.15, 0.2) is 0 Å². The Hall–Kier alpha value is -0.790. The molecule has 0 atom stereocenters. The molecule has 0 fully saturated rings. The van der Waals surface area contributed by atoms with Gasteiger partial charge in [0.05, 0.1) is 0 Å². The van der Waals surface area contributed by atoms with E-state index in [1.165, 1.54) is 0 Å². The smallest absolute Gasteiger partial charge is 0.243 e. The van der Waals surface area contributed by atoms with E-state index in [-0.39, 0.29) is 11.3 Å². The summed E-state index contributed by atoms with van der Waals surface area (Å²) in [7, 11) is 1.62. The third-order valence-electron chi connectivity index (χ3n) is 0.981. The Morgan fingerprint density at radius 1 is 1.40 bits per heavy atom. The van der Waals surface area contributed by atoms with E-state index < -0.39 is 0 Å². The zero-order valence-electron chi connectivity index (χ0n) is 7.06. The van der Waals surface area contributed by atoms with Crippen molar-refractivity contribution in [1.82, 2.24) is 5.32 Å². The van der Waals surface area contributed by atoms with Crippen LogP contribution in [-0.2, 0) is 4.79 Å². The van der Waals surface area contributed by atoms with Crippen molar-refractivity contribution in [3.05, 3.63) is 12.2 Å². The zero-order chi connectivity index (χ0) is 8.20. The molecule has 0 bridgehead atoms. The van der Waals surface area contributed by atoms with Gasteiger partial charge in [0.2, 0.25) is 5.91 Å². The van der Waals surface area contributed by atoms with Gasteiger partial charge in [0, 0.05) is 7.05 Å². The van der Waals surface area contributed by atoms with Crippen LogP contribution in [0.25, 0.3) is 0 Å². The maximum Gasteiger partial charge on any atom is 0.243 e. The molecule has 0 aliphatic rings. The lowest BCUT2D eigenvalue weighted by atomic mass is 9.96. The van der Waals surface area contributed by atoms with E-state index >= 15 is 0 Å². The summed E-state index contributed by atoms with van der Waals surface area (Å²) in [6, 6.07) is 0. The number of nitrogens with one attached hydrogen (secondary N) is 1. The van der Waals surface area contributed by atoms with Crippen molar-refractivity contribution < 1.29 is 4.79 Å². The van der Waals surface area contributed by atoms with Crippen LogP contribution in [0.15, 0.2) is 12.2 Å². The Labute approximate surface area is 62.3 Å². The third kappa shape index (κ3) is 5.35. The molecule has 0 rings (SSSR count). The Bertz CT molecular complexity index is 142. The standard InChI is InChI=1S/C8H15NO/c1-8(2,3)6-5-7(10)9-4/h5-6H,1-4H3,(H,9,10)/b6-5-. The van der Waals surface area contributed by atoms with Crippen LogP contribution in [0, 0.1) is 5.41 Å². The van der Waals surface area contributed by atoms with Crippen molar-refractivity contribution in [1.29, 1.82) is 0 Å². The molecule has 0 aromatic carbocycles. The average molecular weight is 141 g/mol. The highest BCUT2D eigenvalue weighted by atomic mass is 16.1. The third-order valence-corrected chi connectivity index (χ3v) is 0.981. The molecule has 0 saturated carbocycles. The summed E-state index contributed by atoms with van der Waals surface area (Å²) < 4.78 is 0. The average Bonchev–Trinajstić information content (AvgIpc) is 1.81. The highest BCUT2D eigenvalue weighted by Gasteiger charge is 2.03. The van der Waals surface area contributed by atoms with Crippen molar-refractivity contribution >= 4 is 5.91 Å². The molecule has 2 heteroatoms. The van der Waals surface area contributed by atoms with Crippen LogP contribution in [0.5, 0.6) is 0 Å². The van der Waals surface area contributed by atoms with Gasteiger partial charge in [-0.15, -0.1) is 0 Å². The fourth-order valence-electron chi connectivity index (χ4n) is 0.409. The normalized spacial score (nSPS) is 12.0. The van der Waals surface area contributed by atoms with Gasteiger partial charge < -0.3 is 5.32 Å². The summed E-state index contributed by atoms with van der Waals surface area (Å²) in [6.07, 6.45) is 3.44. The van der Waals surface area contributed by atoms with Crippen LogP contribution >= 0.6 is 0 Å². The minimum absolute atomic E-state index is 0.0464. The summed E-state index contributed by atoms with van der Waals surface area (Å²) >= 11 is 0. The largest absolute Gasteiger partial charge is 0.356 e. The summed E-state index contributed by atoms with van der Waals surface area (Å²) in [5.41, 5.74) is 0.0898. The van der Waals surface area contributed by atoms with Crippen molar-refractivity contribution in [3.63, 3.8) is 0 Å². The van der Waals surface area contributed by atoms with Crippen molar-refractivity contribution in [2.45, 2.75) is 20.8 Å². The molecular formula is C8H15NO. The van der Waals surface area contributed by atoms with Crippen LogP contribution in [0.2, 0.25) is 0 Å². The highest BCUT2D eigenvalue weighted by molar-refractivity contribution is 5.87. The van der Waals surface area contributed by atoms with Gasteiger partial charge >= 0.3 is 0 Å². The number of amides is 1. The van der Waals surface area contributed by atoms with E-state index in [0.717, 1.165) is 0 Å². The number of hydrogen-bond acceptors (Lipinski definition) is 1. The Morgan fingerprint density at radius 2 is 1.90 bits per heavy atom. The van der Waals surface area contributed by atoms with Crippen LogP contribution < -0.4 is 5.32 Å². The van der Waals surface area contributed by atoms with Crippen molar-refractivity contribution in [2.75, 3.05) is 7.05 Å².